The van der Waals surface area contributed by atoms with Gasteiger partial charge >= 0.3 is 0 Å². The van der Waals surface area contributed by atoms with Crippen molar-refractivity contribution in [2.75, 3.05) is 6.61 Å². The maximum atomic E-state index is 6.08. The predicted octanol–water partition coefficient (Wildman–Crippen LogP) is 5.73. The van der Waals surface area contributed by atoms with Gasteiger partial charge in [-0.1, -0.05) is 30.3 Å². The lowest BCUT2D eigenvalue weighted by molar-refractivity contribution is 0.344. The highest BCUT2D eigenvalue weighted by Gasteiger charge is 2.23. The Morgan fingerprint density at radius 2 is 1.82 bits per heavy atom. The van der Waals surface area contributed by atoms with Gasteiger partial charge in [0.2, 0.25) is 0 Å². The first kappa shape index (κ1) is 13.6. The summed E-state index contributed by atoms with van der Waals surface area (Å²) in [4.78, 5) is 0. The molecule has 0 radical (unpaired) electrons. The van der Waals surface area contributed by atoms with Crippen LogP contribution in [-0.2, 0) is 0 Å². The highest BCUT2D eigenvalue weighted by molar-refractivity contribution is 7.17. The summed E-state index contributed by atoms with van der Waals surface area (Å²) in [6.45, 7) is 7.21. The Kier molecular flexibility index (Phi) is 3.08. The molecular weight excluding hydrogens is 288 g/mol. The third-order valence-electron chi connectivity index (χ3n) is 4.43. The second kappa shape index (κ2) is 4.99. The average Bonchev–Trinajstić information content (AvgIpc) is 2.90. The topological polar surface area (TPSA) is 9.23 Å². The van der Waals surface area contributed by atoms with E-state index >= 15 is 0 Å². The van der Waals surface area contributed by atoms with E-state index in [-0.39, 0.29) is 0 Å². The summed E-state index contributed by atoms with van der Waals surface area (Å²) >= 11 is 1.82. The van der Waals surface area contributed by atoms with Gasteiger partial charge in [-0.05, 0) is 59.9 Å². The van der Waals surface area contributed by atoms with Crippen LogP contribution in [0.15, 0.2) is 47.4 Å². The summed E-state index contributed by atoms with van der Waals surface area (Å²) < 4.78 is 7.43. The molecule has 0 saturated heterocycles. The van der Waals surface area contributed by atoms with E-state index in [1.165, 1.54) is 43.5 Å². The Morgan fingerprint density at radius 1 is 1.05 bits per heavy atom. The third kappa shape index (κ3) is 1.91. The smallest absolute Gasteiger partial charge is 0.131 e. The van der Waals surface area contributed by atoms with Crippen LogP contribution >= 0.6 is 11.3 Å². The molecule has 0 fully saturated rings. The van der Waals surface area contributed by atoms with Crippen LogP contribution < -0.4 is 4.74 Å². The van der Waals surface area contributed by atoms with Crippen molar-refractivity contribution in [3.63, 3.8) is 0 Å². The van der Waals surface area contributed by atoms with Crippen molar-refractivity contribution in [2.24, 2.45) is 0 Å². The summed E-state index contributed by atoms with van der Waals surface area (Å²) in [7, 11) is 0. The summed E-state index contributed by atoms with van der Waals surface area (Å²) in [6, 6.07) is 13.0. The van der Waals surface area contributed by atoms with Crippen LogP contribution in [0.25, 0.3) is 15.7 Å². The molecular formula is C20H18OS. The van der Waals surface area contributed by atoms with Crippen LogP contribution in [0.3, 0.4) is 0 Å². The van der Waals surface area contributed by atoms with Gasteiger partial charge < -0.3 is 4.74 Å². The van der Waals surface area contributed by atoms with Crippen molar-refractivity contribution in [2.45, 2.75) is 20.8 Å². The van der Waals surface area contributed by atoms with E-state index in [9.17, 15) is 0 Å². The molecule has 1 nitrogen and oxygen atoms in total. The zero-order valence-electron chi connectivity index (χ0n) is 13.1. The van der Waals surface area contributed by atoms with Gasteiger partial charge in [0.1, 0.15) is 12.4 Å². The highest BCUT2D eigenvalue weighted by Crippen LogP contribution is 2.44. The lowest BCUT2D eigenvalue weighted by Gasteiger charge is -2.25. The maximum Gasteiger partial charge on any atom is 0.131 e. The molecule has 0 spiro atoms. The SMILES string of the molecule is CC1=C(c2ccccc2)c2cc3c(C)csc3c(C)c2OC1. The summed E-state index contributed by atoms with van der Waals surface area (Å²) in [5.74, 6) is 1.05. The molecule has 0 aliphatic carbocycles. The lowest BCUT2D eigenvalue weighted by atomic mass is 9.89. The van der Waals surface area contributed by atoms with E-state index in [0.717, 1.165) is 5.75 Å². The predicted molar refractivity (Wildman–Crippen MR) is 94.9 cm³/mol. The quantitative estimate of drug-likeness (QED) is 0.557. The first-order chi connectivity index (χ1) is 10.7. The fourth-order valence-corrected chi connectivity index (χ4v) is 4.34. The fraction of sp³-hybridized carbons (Fsp3) is 0.200. The van der Waals surface area contributed by atoms with E-state index in [4.69, 9.17) is 4.74 Å². The second-order valence-electron chi connectivity index (χ2n) is 5.98. The van der Waals surface area contributed by atoms with Gasteiger partial charge in [-0.25, -0.2) is 0 Å². The van der Waals surface area contributed by atoms with Gasteiger partial charge in [0.25, 0.3) is 0 Å². The minimum absolute atomic E-state index is 0.675. The molecule has 0 N–H and O–H groups in total. The van der Waals surface area contributed by atoms with Gasteiger partial charge in [-0.3, -0.25) is 0 Å². The molecule has 0 unspecified atom stereocenters. The van der Waals surface area contributed by atoms with Crippen molar-refractivity contribution >= 4 is 27.0 Å². The van der Waals surface area contributed by atoms with E-state index in [1.807, 2.05) is 11.3 Å². The molecule has 2 heterocycles. The van der Waals surface area contributed by atoms with Crippen molar-refractivity contribution in [3.05, 3.63) is 69.6 Å². The van der Waals surface area contributed by atoms with Gasteiger partial charge in [0, 0.05) is 15.8 Å². The largest absolute Gasteiger partial charge is 0.488 e. The normalized spacial score (nSPS) is 14.1. The first-order valence-corrected chi connectivity index (χ1v) is 8.44. The molecule has 1 aliphatic heterocycles. The Bertz CT molecular complexity index is 900. The van der Waals surface area contributed by atoms with Crippen molar-refractivity contribution < 1.29 is 4.74 Å². The summed E-state index contributed by atoms with van der Waals surface area (Å²) in [6.07, 6.45) is 0. The molecule has 0 saturated carbocycles. The van der Waals surface area contributed by atoms with Crippen LogP contribution in [0.2, 0.25) is 0 Å². The van der Waals surface area contributed by atoms with Crippen LogP contribution in [0.1, 0.15) is 29.2 Å². The average molecular weight is 306 g/mol. The van der Waals surface area contributed by atoms with Crippen LogP contribution in [0.5, 0.6) is 5.75 Å². The number of benzene rings is 2. The standard InChI is InChI=1S/C20H18OS/c1-12-10-21-19-14(3)20-16(13(2)11-22-20)9-17(19)18(12)15-7-5-4-6-8-15/h4-9,11H,10H2,1-3H3. The molecule has 3 aromatic rings. The van der Waals surface area contributed by atoms with Crippen molar-refractivity contribution in [3.8, 4) is 5.75 Å². The molecule has 4 rings (SSSR count). The van der Waals surface area contributed by atoms with E-state index in [0.29, 0.717) is 6.61 Å². The molecule has 2 heteroatoms. The molecule has 22 heavy (non-hydrogen) atoms. The van der Waals surface area contributed by atoms with Crippen LogP contribution in [-0.4, -0.2) is 6.61 Å². The maximum absolute atomic E-state index is 6.08. The summed E-state index contributed by atoms with van der Waals surface area (Å²) in [5, 5.41) is 3.59. The third-order valence-corrected chi connectivity index (χ3v) is 5.66. The van der Waals surface area contributed by atoms with Gasteiger partial charge in [0.05, 0.1) is 0 Å². The molecule has 0 bridgehead atoms. The lowest BCUT2D eigenvalue weighted by Crippen LogP contribution is -2.11. The molecule has 1 aliphatic rings. The molecule has 1 aromatic heterocycles. The second-order valence-corrected chi connectivity index (χ2v) is 6.86. The number of thiophene rings is 1. The number of hydrogen-bond acceptors (Lipinski definition) is 2. The molecule has 0 atom stereocenters. The fourth-order valence-electron chi connectivity index (χ4n) is 3.30. The van der Waals surface area contributed by atoms with Crippen LogP contribution in [0.4, 0.5) is 0 Å². The molecule has 110 valence electrons. The highest BCUT2D eigenvalue weighted by atomic mass is 32.1. The first-order valence-electron chi connectivity index (χ1n) is 7.56. The Labute approximate surface area is 134 Å². The Morgan fingerprint density at radius 3 is 2.59 bits per heavy atom. The van der Waals surface area contributed by atoms with E-state index in [1.54, 1.807) is 0 Å². The zero-order valence-corrected chi connectivity index (χ0v) is 13.9. The summed E-state index contributed by atoms with van der Waals surface area (Å²) in [5.41, 5.74) is 7.76. The van der Waals surface area contributed by atoms with E-state index < -0.39 is 0 Å². The number of fused-ring (bicyclic) bond motifs is 2. The van der Waals surface area contributed by atoms with Crippen molar-refractivity contribution in [1.82, 2.24) is 0 Å². The van der Waals surface area contributed by atoms with Crippen LogP contribution in [0, 0.1) is 13.8 Å². The molecule has 0 amide bonds. The Hall–Kier alpha value is -2.06. The number of hydrogen-bond donors (Lipinski definition) is 0. The van der Waals surface area contributed by atoms with Gasteiger partial charge in [0.15, 0.2) is 0 Å². The van der Waals surface area contributed by atoms with E-state index in [2.05, 4.69) is 62.5 Å². The number of rotatable bonds is 1. The Balaban J connectivity index is 2.06. The van der Waals surface area contributed by atoms with Gasteiger partial charge in [-0.15, -0.1) is 11.3 Å². The minimum Gasteiger partial charge on any atom is -0.488 e. The zero-order chi connectivity index (χ0) is 15.3. The molecule has 2 aromatic carbocycles. The monoisotopic (exact) mass is 306 g/mol. The number of aryl methyl sites for hydroxylation is 2. The van der Waals surface area contributed by atoms with Gasteiger partial charge in [-0.2, -0.15) is 0 Å². The van der Waals surface area contributed by atoms with Crippen molar-refractivity contribution in [1.29, 1.82) is 0 Å². The minimum atomic E-state index is 0.675. The number of ether oxygens (including phenoxy) is 1.